The molecule has 50 valence electrons. The molecular weight excluding hydrogens is 122 g/mol. The number of hydrogen-bond donors (Lipinski definition) is 1. The lowest BCUT2D eigenvalue weighted by Gasteiger charge is -1.75. The molecule has 0 aromatic carbocycles. The summed E-state index contributed by atoms with van der Waals surface area (Å²) < 4.78 is 0. The van der Waals surface area contributed by atoms with E-state index in [0.717, 1.165) is 5.57 Å². The second kappa shape index (κ2) is 9.88. The first-order valence-corrected chi connectivity index (χ1v) is 2.05. The van der Waals surface area contributed by atoms with Crippen LogP contribution in [-0.2, 0) is 0 Å². The molecule has 0 aliphatic rings. The van der Waals surface area contributed by atoms with Crippen LogP contribution in [0.4, 0.5) is 0 Å². The number of halogens is 1. The Labute approximate surface area is 57.5 Å². The molecule has 0 saturated heterocycles. The SMILES string of the molecule is C=C(C)/C=C\C.Cl.N. The van der Waals surface area contributed by atoms with E-state index >= 15 is 0 Å². The molecule has 3 N–H and O–H groups in total. The highest BCUT2D eigenvalue weighted by Gasteiger charge is 1.63. The van der Waals surface area contributed by atoms with Crippen molar-refractivity contribution in [3.05, 3.63) is 24.3 Å². The van der Waals surface area contributed by atoms with Gasteiger partial charge < -0.3 is 6.15 Å². The minimum atomic E-state index is 0. The largest absolute Gasteiger partial charge is 0.344 e. The van der Waals surface area contributed by atoms with Crippen molar-refractivity contribution < 1.29 is 0 Å². The molecule has 0 bridgehead atoms. The van der Waals surface area contributed by atoms with Crippen molar-refractivity contribution in [2.45, 2.75) is 13.8 Å². The fourth-order valence-electron chi connectivity index (χ4n) is 0.285. The summed E-state index contributed by atoms with van der Waals surface area (Å²) in [7, 11) is 0. The smallest absolute Gasteiger partial charge is 0.0404 e. The van der Waals surface area contributed by atoms with Gasteiger partial charge in [0.25, 0.3) is 0 Å². The van der Waals surface area contributed by atoms with Gasteiger partial charge in [0.15, 0.2) is 0 Å². The van der Waals surface area contributed by atoms with Gasteiger partial charge in [-0.3, -0.25) is 0 Å². The lowest BCUT2D eigenvalue weighted by atomic mass is 10.3. The molecule has 2 heteroatoms. The standard InChI is InChI=1S/C6H10.ClH.H3N/c1-4-5-6(2)3;;/h4-5H,2H2,1,3H3;1H;1H3/b5-4-;;. The third-order valence-corrected chi connectivity index (χ3v) is 0.451. The van der Waals surface area contributed by atoms with Gasteiger partial charge in [-0.15, -0.1) is 12.4 Å². The molecule has 0 amide bonds. The van der Waals surface area contributed by atoms with Gasteiger partial charge in [0.1, 0.15) is 0 Å². The molecule has 0 saturated carbocycles. The van der Waals surface area contributed by atoms with Crippen LogP contribution in [0.5, 0.6) is 0 Å². The minimum Gasteiger partial charge on any atom is -0.344 e. The highest BCUT2D eigenvalue weighted by molar-refractivity contribution is 5.85. The summed E-state index contributed by atoms with van der Waals surface area (Å²) in [6.45, 7) is 7.61. The number of allylic oxidation sites excluding steroid dienone is 3. The van der Waals surface area contributed by atoms with Crippen LogP contribution in [0.2, 0.25) is 0 Å². The highest BCUT2D eigenvalue weighted by Crippen LogP contribution is 1.85. The van der Waals surface area contributed by atoms with Crippen LogP contribution in [0, 0.1) is 0 Å². The van der Waals surface area contributed by atoms with E-state index in [1.165, 1.54) is 0 Å². The second-order valence-corrected chi connectivity index (χ2v) is 1.35. The van der Waals surface area contributed by atoms with Gasteiger partial charge >= 0.3 is 0 Å². The van der Waals surface area contributed by atoms with Crippen molar-refractivity contribution in [1.29, 1.82) is 0 Å². The fraction of sp³-hybridized carbons (Fsp3) is 0.333. The van der Waals surface area contributed by atoms with Crippen molar-refractivity contribution in [2.75, 3.05) is 0 Å². The van der Waals surface area contributed by atoms with Crippen molar-refractivity contribution >= 4 is 12.4 Å². The zero-order valence-corrected chi connectivity index (χ0v) is 6.29. The van der Waals surface area contributed by atoms with E-state index in [1.54, 1.807) is 0 Å². The molecule has 0 aromatic heterocycles. The maximum Gasteiger partial charge on any atom is -0.0404 e. The molecule has 0 rings (SSSR count). The molecule has 0 unspecified atom stereocenters. The zero-order valence-electron chi connectivity index (χ0n) is 5.48. The molecule has 1 nitrogen and oxygen atoms in total. The molecule has 0 aromatic rings. The van der Waals surface area contributed by atoms with Crippen LogP contribution in [0.3, 0.4) is 0 Å². The molecule has 0 heterocycles. The van der Waals surface area contributed by atoms with Crippen molar-refractivity contribution in [2.24, 2.45) is 0 Å². The normalized spacial score (nSPS) is 7.25. The monoisotopic (exact) mass is 135 g/mol. The lowest BCUT2D eigenvalue weighted by Crippen LogP contribution is -1.54. The summed E-state index contributed by atoms with van der Waals surface area (Å²) in [5.41, 5.74) is 1.11. The molecular formula is C6H14ClN. The second-order valence-electron chi connectivity index (χ2n) is 1.35. The average molecular weight is 136 g/mol. The Bertz CT molecular complexity index is 76.6. The predicted octanol–water partition coefficient (Wildman–Crippen LogP) is 2.72. The molecule has 0 aliphatic carbocycles. The zero-order chi connectivity index (χ0) is 4.99. The quantitative estimate of drug-likeness (QED) is 0.552. The molecule has 0 aliphatic heterocycles. The van der Waals surface area contributed by atoms with Crippen LogP contribution in [0.25, 0.3) is 0 Å². The summed E-state index contributed by atoms with van der Waals surface area (Å²) in [5.74, 6) is 0. The molecule has 0 atom stereocenters. The van der Waals surface area contributed by atoms with Crippen LogP contribution in [0.1, 0.15) is 13.8 Å². The first kappa shape index (κ1) is 15.6. The lowest BCUT2D eigenvalue weighted by molar-refractivity contribution is 1.54. The van der Waals surface area contributed by atoms with Gasteiger partial charge in [0, 0.05) is 0 Å². The summed E-state index contributed by atoms with van der Waals surface area (Å²) in [6, 6.07) is 0. The third kappa shape index (κ3) is 17.2. The molecule has 0 spiro atoms. The predicted molar refractivity (Wildman–Crippen MR) is 41.9 cm³/mol. The molecule has 0 radical (unpaired) electrons. The maximum atomic E-state index is 3.66. The van der Waals surface area contributed by atoms with E-state index in [9.17, 15) is 0 Å². The summed E-state index contributed by atoms with van der Waals surface area (Å²) in [5, 5.41) is 0. The van der Waals surface area contributed by atoms with Crippen LogP contribution < -0.4 is 6.15 Å². The van der Waals surface area contributed by atoms with Crippen LogP contribution in [-0.4, -0.2) is 0 Å². The minimum absolute atomic E-state index is 0. The van der Waals surface area contributed by atoms with E-state index in [-0.39, 0.29) is 18.6 Å². The molecule has 0 fully saturated rings. The van der Waals surface area contributed by atoms with Gasteiger partial charge in [0.2, 0.25) is 0 Å². The highest BCUT2D eigenvalue weighted by atomic mass is 35.5. The summed E-state index contributed by atoms with van der Waals surface area (Å²) in [6.07, 6.45) is 3.95. The Balaban J connectivity index is -0.000000125. The number of hydrogen-bond acceptors (Lipinski definition) is 1. The first-order chi connectivity index (χ1) is 2.77. The number of rotatable bonds is 1. The van der Waals surface area contributed by atoms with Gasteiger partial charge in [-0.2, -0.15) is 0 Å². The Morgan fingerprint density at radius 1 is 1.50 bits per heavy atom. The Hall–Kier alpha value is -0.270. The van der Waals surface area contributed by atoms with Crippen LogP contribution in [0.15, 0.2) is 24.3 Å². The van der Waals surface area contributed by atoms with E-state index < -0.39 is 0 Å². The topological polar surface area (TPSA) is 35.0 Å². The Kier molecular flexibility index (Phi) is 19.3. The Morgan fingerprint density at radius 2 is 1.88 bits per heavy atom. The van der Waals surface area contributed by atoms with Gasteiger partial charge in [-0.1, -0.05) is 24.3 Å². The van der Waals surface area contributed by atoms with Crippen molar-refractivity contribution in [3.8, 4) is 0 Å². The Morgan fingerprint density at radius 3 is 1.88 bits per heavy atom. The van der Waals surface area contributed by atoms with E-state index in [0.29, 0.717) is 0 Å². The average Bonchev–Trinajstić information content (AvgIpc) is 1.35. The van der Waals surface area contributed by atoms with Crippen molar-refractivity contribution in [3.63, 3.8) is 0 Å². The molecule has 8 heavy (non-hydrogen) atoms. The van der Waals surface area contributed by atoms with E-state index in [2.05, 4.69) is 6.58 Å². The summed E-state index contributed by atoms with van der Waals surface area (Å²) >= 11 is 0. The van der Waals surface area contributed by atoms with Gasteiger partial charge in [-0.05, 0) is 13.8 Å². The van der Waals surface area contributed by atoms with Crippen molar-refractivity contribution in [1.82, 2.24) is 6.15 Å². The maximum absolute atomic E-state index is 3.66. The summed E-state index contributed by atoms with van der Waals surface area (Å²) in [4.78, 5) is 0. The third-order valence-electron chi connectivity index (χ3n) is 0.451. The van der Waals surface area contributed by atoms with Gasteiger partial charge in [-0.25, -0.2) is 0 Å². The first-order valence-electron chi connectivity index (χ1n) is 2.05. The van der Waals surface area contributed by atoms with Gasteiger partial charge in [0.05, 0.1) is 0 Å². The fourth-order valence-corrected chi connectivity index (χ4v) is 0.285. The van der Waals surface area contributed by atoms with E-state index in [1.807, 2.05) is 26.0 Å². The van der Waals surface area contributed by atoms with Crippen LogP contribution >= 0.6 is 12.4 Å². The van der Waals surface area contributed by atoms with E-state index in [4.69, 9.17) is 0 Å².